The third-order valence-electron chi connectivity index (χ3n) is 5.20. The molecular weight excluding hydrogens is 420 g/mol. The second kappa shape index (κ2) is 9.61. The van der Waals surface area contributed by atoms with E-state index in [0.29, 0.717) is 10.7 Å². The number of nitrogens with zero attached hydrogens (tertiary/aromatic N) is 2. The molecule has 0 saturated heterocycles. The van der Waals surface area contributed by atoms with E-state index < -0.39 is 6.04 Å². The van der Waals surface area contributed by atoms with Crippen molar-refractivity contribution >= 4 is 28.3 Å². The number of anilines is 1. The first-order chi connectivity index (χ1) is 15.0. The number of carbonyl (C=O) groups is 2. The molecule has 0 spiro atoms. The maximum absolute atomic E-state index is 12.9. The largest absolute Gasteiger partial charge is 0.340 e. The van der Waals surface area contributed by atoms with Crippen molar-refractivity contribution in [2.75, 3.05) is 5.32 Å². The smallest absolute Gasteiger partial charge is 0.251 e. The number of hydrogen-bond donors (Lipinski definition) is 2. The number of amides is 2. The van der Waals surface area contributed by atoms with Crippen LogP contribution in [-0.4, -0.2) is 28.1 Å². The van der Waals surface area contributed by atoms with Gasteiger partial charge in [0.15, 0.2) is 0 Å². The molecule has 32 heavy (non-hydrogen) atoms. The zero-order valence-corrected chi connectivity index (χ0v) is 20.2. The molecule has 0 radical (unpaired) electrons. The van der Waals surface area contributed by atoms with Gasteiger partial charge >= 0.3 is 0 Å². The van der Waals surface area contributed by atoms with Gasteiger partial charge in [0.05, 0.1) is 0 Å². The van der Waals surface area contributed by atoms with Crippen LogP contribution in [0.15, 0.2) is 48.5 Å². The Morgan fingerprint density at radius 1 is 0.938 bits per heavy atom. The molecule has 1 heterocycles. The molecule has 1 unspecified atom stereocenters. The van der Waals surface area contributed by atoms with Gasteiger partial charge in [-0.3, -0.25) is 14.9 Å². The van der Waals surface area contributed by atoms with Gasteiger partial charge in [0.25, 0.3) is 5.91 Å². The van der Waals surface area contributed by atoms with E-state index in [2.05, 4.69) is 41.6 Å². The molecule has 2 N–H and O–H groups in total. The standard InChI is InChI=1S/C25H30N4O2S/c1-15(2)20(26-21(30)17-11-13-19(14-12-17)25(4,5)6)22(31)27-24-29-28-23(32-24)18-9-7-16(3)8-10-18/h7-15,20H,1-6H3,(H,26,30)(H,27,29,31). The Kier molecular flexibility index (Phi) is 7.09. The molecule has 3 rings (SSSR count). The summed E-state index contributed by atoms with van der Waals surface area (Å²) >= 11 is 1.30. The molecule has 2 amide bonds. The van der Waals surface area contributed by atoms with E-state index in [1.807, 2.05) is 57.2 Å². The Hall–Kier alpha value is -3.06. The van der Waals surface area contributed by atoms with Gasteiger partial charge in [0.2, 0.25) is 11.0 Å². The summed E-state index contributed by atoms with van der Waals surface area (Å²) < 4.78 is 0. The molecule has 0 saturated carbocycles. The quantitative estimate of drug-likeness (QED) is 0.540. The first-order valence-corrected chi connectivity index (χ1v) is 11.5. The molecule has 0 aliphatic carbocycles. The summed E-state index contributed by atoms with van der Waals surface area (Å²) in [6.45, 7) is 12.2. The van der Waals surface area contributed by atoms with Crippen LogP contribution in [0, 0.1) is 12.8 Å². The minimum Gasteiger partial charge on any atom is -0.340 e. The SMILES string of the molecule is Cc1ccc(-c2nnc(NC(=O)C(NC(=O)c3ccc(C(C)(C)C)cc3)C(C)C)s2)cc1. The van der Waals surface area contributed by atoms with Crippen LogP contribution in [0.25, 0.3) is 10.6 Å². The van der Waals surface area contributed by atoms with Crippen LogP contribution in [0.1, 0.15) is 56.1 Å². The molecule has 0 bridgehead atoms. The van der Waals surface area contributed by atoms with E-state index in [1.165, 1.54) is 11.3 Å². The fourth-order valence-electron chi connectivity index (χ4n) is 3.15. The predicted octanol–water partition coefficient (Wildman–Crippen LogP) is 5.20. The van der Waals surface area contributed by atoms with E-state index in [9.17, 15) is 9.59 Å². The first kappa shape index (κ1) is 23.6. The maximum atomic E-state index is 12.9. The van der Waals surface area contributed by atoms with E-state index in [4.69, 9.17) is 0 Å². The minimum absolute atomic E-state index is 0.00847. The summed E-state index contributed by atoms with van der Waals surface area (Å²) in [6, 6.07) is 14.8. The Morgan fingerprint density at radius 3 is 2.12 bits per heavy atom. The molecule has 168 valence electrons. The van der Waals surface area contributed by atoms with Crippen molar-refractivity contribution in [1.29, 1.82) is 0 Å². The summed E-state index contributed by atoms with van der Waals surface area (Å²) in [5, 5.41) is 15.1. The minimum atomic E-state index is -0.698. The summed E-state index contributed by atoms with van der Waals surface area (Å²) in [7, 11) is 0. The third kappa shape index (κ3) is 5.79. The molecule has 6 nitrogen and oxygen atoms in total. The normalized spacial score (nSPS) is 12.5. The van der Waals surface area contributed by atoms with Crippen molar-refractivity contribution in [2.45, 2.75) is 53.0 Å². The van der Waals surface area contributed by atoms with Gasteiger partial charge in [0.1, 0.15) is 11.0 Å². The molecule has 0 aliphatic rings. The van der Waals surface area contributed by atoms with Crippen LogP contribution < -0.4 is 10.6 Å². The van der Waals surface area contributed by atoms with Crippen molar-refractivity contribution < 1.29 is 9.59 Å². The van der Waals surface area contributed by atoms with E-state index in [-0.39, 0.29) is 23.1 Å². The van der Waals surface area contributed by atoms with Crippen LogP contribution in [0.2, 0.25) is 0 Å². The third-order valence-corrected chi connectivity index (χ3v) is 6.09. The highest BCUT2D eigenvalue weighted by Crippen LogP contribution is 2.27. The Morgan fingerprint density at radius 2 is 1.56 bits per heavy atom. The Bertz CT molecular complexity index is 1080. The van der Waals surface area contributed by atoms with Crippen LogP contribution in [0.5, 0.6) is 0 Å². The Labute approximate surface area is 193 Å². The molecule has 7 heteroatoms. The highest BCUT2D eigenvalue weighted by atomic mass is 32.1. The van der Waals surface area contributed by atoms with Gasteiger partial charge in [-0.05, 0) is 36.0 Å². The highest BCUT2D eigenvalue weighted by molar-refractivity contribution is 7.18. The van der Waals surface area contributed by atoms with Crippen LogP contribution in [0.3, 0.4) is 0 Å². The van der Waals surface area contributed by atoms with Crippen molar-refractivity contribution in [3.8, 4) is 10.6 Å². The number of aromatic nitrogens is 2. The second-order valence-electron chi connectivity index (χ2n) is 9.29. The van der Waals surface area contributed by atoms with E-state index >= 15 is 0 Å². The zero-order valence-electron chi connectivity index (χ0n) is 19.4. The summed E-state index contributed by atoms with van der Waals surface area (Å²) in [4.78, 5) is 25.7. The predicted molar refractivity (Wildman–Crippen MR) is 130 cm³/mol. The molecule has 1 atom stereocenters. The summed E-state index contributed by atoms with van der Waals surface area (Å²) in [5.41, 5.74) is 3.78. The summed E-state index contributed by atoms with van der Waals surface area (Å²) in [5.74, 6) is -0.694. The van der Waals surface area contributed by atoms with Gasteiger partial charge in [0, 0.05) is 11.1 Å². The second-order valence-corrected chi connectivity index (χ2v) is 10.3. The molecule has 2 aromatic carbocycles. The zero-order chi connectivity index (χ0) is 23.5. The summed E-state index contributed by atoms with van der Waals surface area (Å²) in [6.07, 6.45) is 0. The lowest BCUT2D eigenvalue weighted by molar-refractivity contribution is -0.118. The van der Waals surface area contributed by atoms with Crippen molar-refractivity contribution in [3.63, 3.8) is 0 Å². The number of carbonyl (C=O) groups excluding carboxylic acids is 2. The number of benzene rings is 2. The van der Waals surface area contributed by atoms with Gasteiger partial charge in [-0.25, -0.2) is 0 Å². The molecule has 0 fully saturated rings. The van der Waals surface area contributed by atoms with Gasteiger partial charge in [-0.1, -0.05) is 87.9 Å². The average Bonchev–Trinajstić information content (AvgIpc) is 3.19. The monoisotopic (exact) mass is 450 g/mol. The van der Waals surface area contributed by atoms with Crippen LogP contribution in [0.4, 0.5) is 5.13 Å². The molecule has 3 aromatic rings. The first-order valence-electron chi connectivity index (χ1n) is 10.7. The van der Waals surface area contributed by atoms with Crippen molar-refractivity contribution in [3.05, 3.63) is 65.2 Å². The lowest BCUT2D eigenvalue weighted by Crippen LogP contribution is -2.47. The van der Waals surface area contributed by atoms with E-state index in [0.717, 1.165) is 21.7 Å². The average molecular weight is 451 g/mol. The molecular formula is C25H30N4O2S. The van der Waals surface area contributed by atoms with E-state index in [1.54, 1.807) is 12.1 Å². The number of rotatable bonds is 6. The van der Waals surface area contributed by atoms with Crippen LogP contribution >= 0.6 is 11.3 Å². The fourth-order valence-corrected chi connectivity index (χ4v) is 3.90. The maximum Gasteiger partial charge on any atom is 0.251 e. The molecule has 0 aliphatic heterocycles. The van der Waals surface area contributed by atoms with Crippen molar-refractivity contribution in [1.82, 2.24) is 15.5 Å². The van der Waals surface area contributed by atoms with Crippen LogP contribution in [-0.2, 0) is 10.2 Å². The number of aryl methyl sites for hydroxylation is 1. The number of nitrogens with one attached hydrogen (secondary N) is 2. The van der Waals surface area contributed by atoms with Crippen molar-refractivity contribution in [2.24, 2.45) is 5.92 Å². The number of hydrogen-bond acceptors (Lipinski definition) is 5. The Balaban J connectivity index is 1.68. The van der Waals surface area contributed by atoms with Gasteiger partial charge in [-0.2, -0.15) is 0 Å². The van der Waals surface area contributed by atoms with Gasteiger partial charge < -0.3 is 5.32 Å². The van der Waals surface area contributed by atoms with Gasteiger partial charge in [-0.15, -0.1) is 10.2 Å². The lowest BCUT2D eigenvalue weighted by atomic mass is 9.86. The lowest BCUT2D eigenvalue weighted by Gasteiger charge is -2.22. The highest BCUT2D eigenvalue weighted by Gasteiger charge is 2.26. The topological polar surface area (TPSA) is 84.0 Å². The molecule has 1 aromatic heterocycles. The fraction of sp³-hybridized carbons (Fsp3) is 0.360.